The molecule has 2 aliphatic heterocycles. The molecule has 0 aliphatic carbocycles. The summed E-state index contributed by atoms with van der Waals surface area (Å²) in [5.41, 5.74) is 2.39. The van der Waals surface area contributed by atoms with Gasteiger partial charge in [0.1, 0.15) is 0 Å². The van der Waals surface area contributed by atoms with Gasteiger partial charge in [-0.2, -0.15) is 0 Å². The molecule has 1 aromatic heterocycles. The van der Waals surface area contributed by atoms with Crippen molar-refractivity contribution in [1.29, 1.82) is 0 Å². The summed E-state index contributed by atoms with van der Waals surface area (Å²) in [5.74, 6) is 0.300. The second kappa shape index (κ2) is 9.57. The van der Waals surface area contributed by atoms with Gasteiger partial charge >= 0.3 is 0 Å². The molecule has 2 aromatic rings. The summed E-state index contributed by atoms with van der Waals surface area (Å²) in [5, 5.41) is 1.24. The van der Waals surface area contributed by atoms with E-state index in [2.05, 4.69) is 39.2 Å². The van der Waals surface area contributed by atoms with Crippen LogP contribution in [0.2, 0.25) is 0 Å². The van der Waals surface area contributed by atoms with Gasteiger partial charge in [0.2, 0.25) is 5.91 Å². The number of rotatable bonds is 7. The Bertz CT molecular complexity index is 760. The molecule has 4 rings (SSSR count). The second-order valence-electron chi connectivity index (χ2n) is 8.19. The minimum atomic E-state index is 0.300. The summed E-state index contributed by atoms with van der Waals surface area (Å²) < 4.78 is 5.54. The number of para-hydroxylation sites is 1. The Morgan fingerprint density at radius 2 is 1.93 bits per heavy atom. The Hall–Kier alpha value is -1.85. The monoisotopic (exact) mass is 383 g/mol. The predicted octanol–water partition coefficient (Wildman–Crippen LogP) is 3.59. The van der Waals surface area contributed by atoms with Gasteiger partial charge in [-0.25, -0.2) is 0 Å². The van der Waals surface area contributed by atoms with Gasteiger partial charge in [-0.05, 0) is 56.8 Å². The fourth-order valence-electron chi connectivity index (χ4n) is 4.66. The zero-order chi connectivity index (χ0) is 19.2. The third-order valence-electron chi connectivity index (χ3n) is 6.34. The molecule has 1 N–H and O–H groups in total. The molecule has 5 nitrogen and oxygen atoms in total. The highest BCUT2D eigenvalue weighted by Gasteiger charge is 2.26. The van der Waals surface area contributed by atoms with Crippen LogP contribution in [0.15, 0.2) is 30.5 Å². The number of aryl methyl sites for hydroxylation is 1. The van der Waals surface area contributed by atoms with Crippen molar-refractivity contribution in [2.45, 2.75) is 51.0 Å². The number of fused-ring (bicyclic) bond motifs is 1. The summed E-state index contributed by atoms with van der Waals surface area (Å²) in [6.45, 7) is 5.80. The van der Waals surface area contributed by atoms with E-state index in [1.54, 1.807) is 0 Å². The summed E-state index contributed by atoms with van der Waals surface area (Å²) in [7, 11) is 0. The van der Waals surface area contributed by atoms with Gasteiger partial charge < -0.3 is 19.5 Å². The average molecular weight is 384 g/mol. The number of hydrogen-bond donors (Lipinski definition) is 1. The normalized spacial score (nSPS) is 19.1. The van der Waals surface area contributed by atoms with Gasteiger partial charge in [0, 0.05) is 55.9 Å². The highest BCUT2D eigenvalue weighted by molar-refractivity contribution is 5.84. The third kappa shape index (κ3) is 4.76. The van der Waals surface area contributed by atoms with Crippen molar-refractivity contribution < 1.29 is 9.53 Å². The molecular weight excluding hydrogens is 350 g/mol. The molecule has 0 atom stereocenters. The molecule has 0 saturated carbocycles. The second-order valence-corrected chi connectivity index (χ2v) is 8.19. The zero-order valence-electron chi connectivity index (χ0n) is 16.9. The van der Waals surface area contributed by atoms with Crippen LogP contribution >= 0.6 is 0 Å². The molecule has 2 saturated heterocycles. The fourth-order valence-corrected chi connectivity index (χ4v) is 4.66. The number of nitrogens with zero attached hydrogens (tertiary/aromatic N) is 2. The number of aromatic nitrogens is 1. The molecule has 1 aromatic carbocycles. The van der Waals surface area contributed by atoms with Crippen LogP contribution in [-0.4, -0.2) is 66.1 Å². The zero-order valence-corrected chi connectivity index (χ0v) is 16.9. The number of hydrogen-bond acceptors (Lipinski definition) is 3. The molecule has 28 heavy (non-hydrogen) atoms. The highest BCUT2D eigenvalue weighted by atomic mass is 16.5. The summed E-state index contributed by atoms with van der Waals surface area (Å²) >= 11 is 0. The van der Waals surface area contributed by atoms with Crippen LogP contribution in [0.4, 0.5) is 0 Å². The molecule has 0 radical (unpaired) electrons. The van der Waals surface area contributed by atoms with E-state index in [0.717, 1.165) is 51.1 Å². The maximum atomic E-state index is 13.2. The minimum Gasteiger partial charge on any atom is -0.381 e. The lowest BCUT2D eigenvalue weighted by Crippen LogP contribution is -2.47. The third-order valence-corrected chi connectivity index (χ3v) is 6.34. The van der Waals surface area contributed by atoms with E-state index in [1.807, 2.05) is 6.07 Å². The van der Waals surface area contributed by atoms with Crippen molar-refractivity contribution in [2.24, 2.45) is 0 Å². The first-order valence-electron chi connectivity index (χ1n) is 11.0. The molecular formula is C23H33N3O2. The molecule has 152 valence electrons. The molecule has 2 aliphatic rings. The number of amides is 1. The van der Waals surface area contributed by atoms with E-state index >= 15 is 0 Å². The van der Waals surface area contributed by atoms with Crippen LogP contribution in [0.5, 0.6) is 0 Å². The fraction of sp³-hybridized carbons (Fsp3) is 0.609. The number of piperidine rings is 1. The van der Waals surface area contributed by atoms with Gasteiger partial charge in [-0.1, -0.05) is 24.6 Å². The molecule has 2 fully saturated rings. The molecule has 0 bridgehead atoms. The topological polar surface area (TPSA) is 48.6 Å². The number of aromatic amines is 1. The standard InChI is InChI=1S/C23H33N3O2/c27-23(9-8-19-18-24-22-7-3-2-6-21(19)22)26(20-10-16-28-17-11-20)15-14-25-12-4-1-5-13-25/h2-3,6-7,18,20,24H,1,4-5,8-17H2. The number of H-pyrrole nitrogens is 1. The van der Waals surface area contributed by atoms with Gasteiger partial charge in [-0.3, -0.25) is 4.79 Å². The molecule has 0 unspecified atom stereocenters. The Morgan fingerprint density at radius 3 is 2.75 bits per heavy atom. The van der Waals surface area contributed by atoms with Crippen LogP contribution in [0.25, 0.3) is 10.9 Å². The van der Waals surface area contributed by atoms with Crippen LogP contribution < -0.4 is 0 Å². The molecule has 1 amide bonds. The lowest BCUT2D eigenvalue weighted by molar-refractivity contribution is -0.135. The Kier molecular flexibility index (Phi) is 6.65. The lowest BCUT2D eigenvalue weighted by Gasteiger charge is -2.36. The molecule has 3 heterocycles. The number of likely N-dealkylation sites (tertiary alicyclic amines) is 1. The van der Waals surface area contributed by atoms with Gasteiger partial charge in [-0.15, -0.1) is 0 Å². The average Bonchev–Trinajstić information content (AvgIpc) is 3.17. The van der Waals surface area contributed by atoms with Crippen LogP contribution in [0, 0.1) is 0 Å². The summed E-state index contributed by atoms with van der Waals surface area (Å²) in [4.78, 5) is 21.2. The number of benzene rings is 1. The minimum absolute atomic E-state index is 0.300. The summed E-state index contributed by atoms with van der Waals surface area (Å²) in [6, 6.07) is 8.68. The number of carbonyl (C=O) groups excluding carboxylic acids is 1. The first-order chi connectivity index (χ1) is 13.8. The van der Waals surface area contributed by atoms with E-state index in [-0.39, 0.29) is 0 Å². The smallest absolute Gasteiger partial charge is 0.223 e. The van der Waals surface area contributed by atoms with Crippen molar-refractivity contribution in [3.63, 3.8) is 0 Å². The maximum absolute atomic E-state index is 13.2. The molecule has 5 heteroatoms. The van der Waals surface area contributed by atoms with Gasteiger partial charge in [0.15, 0.2) is 0 Å². The number of ether oxygens (including phenoxy) is 1. The van der Waals surface area contributed by atoms with Crippen molar-refractivity contribution in [2.75, 3.05) is 39.4 Å². The molecule has 0 spiro atoms. The summed E-state index contributed by atoms with van der Waals surface area (Å²) in [6.07, 6.45) is 9.33. The van der Waals surface area contributed by atoms with Crippen LogP contribution in [0.3, 0.4) is 0 Å². The van der Waals surface area contributed by atoms with Crippen molar-refractivity contribution in [3.8, 4) is 0 Å². The Morgan fingerprint density at radius 1 is 1.14 bits per heavy atom. The van der Waals surface area contributed by atoms with E-state index in [9.17, 15) is 4.79 Å². The quantitative estimate of drug-likeness (QED) is 0.795. The van der Waals surface area contributed by atoms with Crippen LogP contribution in [0.1, 0.15) is 44.1 Å². The van der Waals surface area contributed by atoms with E-state index < -0.39 is 0 Å². The lowest BCUT2D eigenvalue weighted by atomic mass is 10.0. The highest BCUT2D eigenvalue weighted by Crippen LogP contribution is 2.21. The largest absolute Gasteiger partial charge is 0.381 e. The number of nitrogens with one attached hydrogen (secondary N) is 1. The maximum Gasteiger partial charge on any atom is 0.223 e. The SMILES string of the molecule is O=C(CCc1c[nH]c2ccccc12)N(CCN1CCCCC1)C1CCOCC1. The van der Waals surface area contributed by atoms with Gasteiger partial charge in [0.25, 0.3) is 0 Å². The van der Waals surface area contributed by atoms with Crippen molar-refractivity contribution in [1.82, 2.24) is 14.8 Å². The first-order valence-corrected chi connectivity index (χ1v) is 11.0. The van der Waals surface area contributed by atoms with Crippen LogP contribution in [-0.2, 0) is 16.0 Å². The van der Waals surface area contributed by atoms with E-state index in [0.29, 0.717) is 18.4 Å². The Labute approximate surface area is 168 Å². The van der Waals surface area contributed by atoms with E-state index in [4.69, 9.17) is 4.74 Å². The van der Waals surface area contributed by atoms with Crippen molar-refractivity contribution in [3.05, 3.63) is 36.0 Å². The Balaban J connectivity index is 1.38. The predicted molar refractivity (Wildman–Crippen MR) is 112 cm³/mol. The first kappa shape index (κ1) is 19.5. The van der Waals surface area contributed by atoms with Crippen molar-refractivity contribution >= 4 is 16.8 Å². The number of carbonyl (C=O) groups is 1. The van der Waals surface area contributed by atoms with E-state index in [1.165, 1.54) is 43.3 Å². The van der Waals surface area contributed by atoms with Gasteiger partial charge in [0.05, 0.1) is 0 Å².